The Balaban J connectivity index is 1.84. The van der Waals surface area contributed by atoms with E-state index in [2.05, 4.69) is 21.2 Å². The number of benzene rings is 2. The molecule has 41 heavy (non-hydrogen) atoms. The zero-order valence-electron chi connectivity index (χ0n) is 24.7. The van der Waals surface area contributed by atoms with E-state index in [0.29, 0.717) is 63.8 Å². The van der Waals surface area contributed by atoms with E-state index in [0.717, 1.165) is 16.8 Å². The highest BCUT2D eigenvalue weighted by molar-refractivity contribution is 9.10. The molecule has 9 heteroatoms. The Hall–Kier alpha value is -3.46. The van der Waals surface area contributed by atoms with Gasteiger partial charge in [0, 0.05) is 29.3 Å². The van der Waals surface area contributed by atoms with Crippen molar-refractivity contribution in [2.24, 2.45) is 0 Å². The first kappa shape index (κ1) is 30.5. The van der Waals surface area contributed by atoms with Gasteiger partial charge < -0.3 is 29.0 Å². The van der Waals surface area contributed by atoms with Crippen molar-refractivity contribution in [2.75, 3.05) is 27.9 Å². The molecule has 0 saturated carbocycles. The topological polar surface area (TPSA) is 92.3 Å². The van der Waals surface area contributed by atoms with Gasteiger partial charge >= 0.3 is 5.97 Å². The van der Waals surface area contributed by atoms with Crippen molar-refractivity contribution < 1.29 is 33.3 Å². The lowest BCUT2D eigenvalue weighted by Crippen LogP contribution is -2.36. The monoisotopic (exact) mass is 627 g/mol. The Morgan fingerprint density at radius 2 is 1.71 bits per heavy atom. The van der Waals surface area contributed by atoms with Crippen LogP contribution in [0.2, 0.25) is 0 Å². The maximum absolute atomic E-state index is 14.0. The summed E-state index contributed by atoms with van der Waals surface area (Å²) in [7, 11) is 4.77. The molecule has 3 atom stereocenters. The van der Waals surface area contributed by atoms with Crippen molar-refractivity contribution in [2.45, 2.75) is 64.9 Å². The minimum Gasteiger partial charge on any atom is -0.493 e. The number of rotatable bonds is 10. The summed E-state index contributed by atoms with van der Waals surface area (Å²) in [6.45, 7) is 8.00. The molecular weight excluding hydrogens is 590 g/mol. The number of ether oxygens (including phenoxy) is 5. The molecule has 2 aliphatic rings. The number of dihydropyridines is 1. The second-order valence-electron chi connectivity index (χ2n) is 10.2. The van der Waals surface area contributed by atoms with Crippen molar-refractivity contribution >= 4 is 27.7 Å². The third kappa shape index (κ3) is 6.10. The number of methoxy groups -OCH3 is 3. The van der Waals surface area contributed by atoms with Crippen LogP contribution >= 0.6 is 15.9 Å². The summed E-state index contributed by atoms with van der Waals surface area (Å²) in [5, 5.41) is 3.41. The molecule has 1 aliphatic carbocycles. The van der Waals surface area contributed by atoms with Gasteiger partial charge in [0.25, 0.3) is 0 Å². The van der Waals surface area contributed by atoms with E-state index in [1.807, 2.05) is 58.0 Å². The van der Waals surface area contributed by atoms with Gasteiger partial charge in [-0.1, -0.05) is 13.0 Å². The molecule has 1 heterocycles. The highest BCUT2D eigenvalue weighted by Gasteiger charge is 2.42. The fourth-order valence-corrected chi connectivity index (χ4v) is 6.15. The summed E-state index contributed by atoms with van der Waals surface area (Å²) in [5.41, 5.74) is 4.17. The van der Waals surface area contributed by atoms with Crippen LogP contribution in [0.5, 0.6) is 23.0 Å². The first-order valence-corrected chi connectivity index (χ1v) is 14.6. The van der Waals surface area contributed by atoms with Crippen LogP contribution in [0.25, 0.3) is 0 Å². The van der Waals surface area contributed by atoms with Crippen LogP contribution in [-0.4, -0.2) is 45.8 Å². The van der Waals surface area contributed by atoms with Crippen molar-refractivity contribution in [3.8, 4) is 23.0 Å². The fourth-order valence-electron chi connectivity index (χ4n) is 5.53. The van der Waals surface area contributed by atoms with Gasteiger partial charge in [-0.05, 0) is 90.9 Å². The molecule has 0 amide bonds. The SMILES string of the molecule is CCOc1cc(C2C(C(=O)OC(C)CC)=C(C)NC3=C2C(=O)CC(c2ccc(OC)c(OC)c2)C3)cc(Br)c1OC. The second kappa shape index (κ2) is 13.0. The number of allylic oxidation sites excluding steroid dienone is 3. The van der Waals surface area contributed by atoms with Gasteiger partial charge in [-0.2, -0.15) is 0 Å². The van der Waals surface area contributed by atoms with Crippen molar-refractivity contribution in [3.05, 3.63) is 68.5 Å². The number of nitrogens with one attached hydrogen (secondary N) is 1. The van der Waals surface area contributed by atoms with Crippen molar-refractivity contribution in [1.29, 1.82) is 0 Å². The Kier molecular flexibility index (Phi) is 9.68. The Morgan fingerprint density at radius 1 is 1.00 bits per heavy atom. The Morgan fingerprint density at radius 3 is 2.34 bits per heavy atom. The van der Waals surface area contributed by atoms with Gasteiger partial charge in [0.1, 0.15) is 0 Å². The van der Waals surface area contributed by atoms with Crippen LogP contribution in [0.4, 0.5) is 0 Å². The number of halogens is 1. The largest absolute Gasteiger partial charge is 0.493 e. The summed E-state index contributed by atoms with van der Waals surface area (Å²) in [6.07, 6.45) is 1.29. The van der Waals surface area contributed by atoms with Crippen molar-refractivity contribution in [1.82, 2.24) is 5.32 Å². The minimum absolute atomic E-state index is 0.0326. The van der Waals surface area contributed by atoms with Crippen LogP contribution in [0, 0.1) is 0 Å². The van der Waals surface area contributed by atoms with E-state index in [9.17, 15) is 9.59 Å². The minimum atomic E-state index is -0.636. The third-order valence-electron chi connectivity index (χ3n) is 7.68. The summed E-state index contributed by atoms with van der Waals surface area (Å²) in [6, 6.07) is 9.50. The molecule has 0 fully saturated rings. The molecule has 220 valence electrons. The second-order valence-corrected chi connectivity index (χ2v) is 11.1. The zero-order valence-corrected chi connectivity index (χ0v) is 26.3. The van der Waals surface area contributed by atoms with Gasteiger partial charge in [-0.3, -0.25) is 4.79 Å². The normalized spacial score (nSPS) is 19.3. The average Bonchev–Trinajstić information content (AvgIpc) is 2.95. The van der Waals surface area contributed by atoms with E-state index >= 15 is 0 Å². The summed E-state index contributed by atoms with van der Waals surface area (Å²) < 4.78 is 28.9. The predicted octanol–water partition coefficient (Wildman–Crippen LogP) is 6.58. The lowest BCUT2D eigenvalue weighted by molar-refractivity contribution is -0.144. The first-order chi connectivity index (χ1) is 19.7. The van der Waals surface area contributed by atoms with Crippen LogP contribution in [0.15, 0.2) is 57.3 Å². The smallest absolute Gasteiger partial charge is 0.337 e. The number of Topliss-reactive ketones (excluding diaryl/α,β-unsaturated/α-hetero) is 1. The lowest BCUT2D eigenvalue weighted by Gasteiger charge is -2.37. The number of carbonyl (C=O) groups is 2. The molecule has 0 aromatic heterocycles. The van der Waals surface area contributed by atoms with Crippen LogP contribution in [0.3, 0.4) is 0 Å². The summed E-state index contributed by atoms with van der Waals surface area (Å²) in [4.78, 5) is 27.7. The summed E-state index contributed by atoms with van der Waals surface area (Å²) >= 11 is 3.61. The number of carbonyl (C=O) groups excluding carboxylic acids is 2. The number of ketones is 1. The van der Waals surface area contributed by atoms with E-state index in [4.69, 9.17) is 23.7 Å². The summed E-state index contributed by atoms with van der Waals surface area (Å²) in [5.74, 6) is 1.14. The molecule has 4 rings (SSSR count). The number of esters is 1. The maximum Gasteiger partial charge on any atom is 0.337 e. The zero-order chi connectivity index (χ0) is 29.8. The molecule has 0 radical (unpaired) electrons. The molecule has 1 N–H and O–H groups in total. The molecule has 8 nitrogen and oxygen atoms in total. The molecule has 2 aromatic rings. The van der Waals surface area contributed by atoms with Crippen LogP contribution in [-0.2, 0) is 14.3 Å². The van der Waals surface area contributed by atoms with Gasteiger partial charge in [-0.25, -0.2) is 4.79 Å². The molecular formula is C32H38BrNO7. The van der Waals surface area contributed by atoms with Crippen molar-refractivity contribution in [3.63, 3.8) is 0 Å². The van der Waals surface area contributed by atoms with Gasteiger partial charge in [0.15, 0.2) is 28.8 Å². The molecule has 0 saturated heterocycles. The standard InChI is InChI=1S/C32H38BrNO7/c1-8-17(3)41-32(36)28-18(4)34-23-13-20(19-10-11-25(37-5)26(15-19)38-6)14-24(35)30(23)29(28)21-12-22(33)31(39-7)27(16-21)40-9-2/h10-12,15-17,20,29,34H,8-9,13-14H2,1-7H3. The number of hydrogen-bond acceptors (Lipinski definition) is 8. The van der Waals surface area contributed by atoms with E-state index < -0.39 is 11.9 Å². The van der Waals surface area contributed by atoms with Gasteiger partial charge in [-0.15, -0.1) is 0 Å². The first-order valence-electron chi connectivity index (χ1n) is 13.8. The van der Waals surface area contributed by atoms with Crippen LogP contribution in [0.1, 0.15) is 69.9 Å². The Bertz CT molecular complexity index is 1400. The maximum atomic E-state index is 14.0. The van der Waals surface area contributed by atoms with E-state index in [1.54, 1.807) is 21.3 Å². The Labute approximate surface area is 250 Å². The predicted molar refractivity (Wildman–Crippen MR) is 160 cm³/mol. The molecule has 2 aromatic carbocycles. The fraction of sp³-hybridized carbons (Fsp3) is 0.438. The highest BCUT2D eigenvalue weighted by atomic mass is 79.9. The highest BCUT2D eigenvalue weighted by Crippen LogP contribution is 2.49. The molecule has 1 aliphatic heterocycles. The van der Waals surface area contributed by atoms with E-state index in [-0.39, 0.29) is 24.2 Å². The average molecular weight is 629 g/mol. The number of hydrogen-bond donors (Lipinski definition) is 1. The molecule has 3 unspecified atom stereocenters. The molecule has 0 spiro atoms. The third-order valence-corrected chi connectivity index (χ3v) is 8.27. The van der Waals surface area contributed by atoms with Crippen LogP contribution < -0.4 is 24.3 Å². The van der Waals surface area contributed by atoms with E-state index in [1.165, 1.54) is 0 Å². The van der Waals surface area contributed by atoms with Gasteiger partial charge in [0.2, 0.25) is 0 Å². The quantitative estimate of drug-likeness (QED) is 0.295. The molecule has 0 bridgehead atoms. The lowest BCUT2D eigenvalue weighted by atomic mass is 9.71. The van der Waals surface area contributed by atoms with Gasteiger partial charge in [0.05, 0.1) is 44.1 Å².